The average Bonchev–Trinajstić information content (AvgIpc) is 3.15. The van der Waals surface area contributed by atoms with Crippen LogP contribution in [0.4, 0.5) is 4.79 Å². The number of carbonyl (C=O) groups is 1. The maximum atomic E-state index is 12.8. The summed E-state index contributed by atoms with van der Waals surface area (Å²) in [4.78, 5) is 18.9. The fourth-order valence-electron chi connectivity index (χ4n) is 3.98. The van der Waals surface area contributed by atoms with Crippen LogP contribution in [-0.2, 0) is 0 Å². The van der Waals surface area contributed by atoms with E-state index in [9.17, 15) is 4.79 Å². The van der Waals surface area contributed by atoms with E-state index in [4.69, 9.17) is 0 Å². The number of likely N-dealkylation sites (tertiary alicyclic amines) is 1. The lowest BCUT2D eigenvalue weighted by Crippen LogP contribution is -2.47. The zero-order valence-electron chi connectivity index (χ0n) is 14.6. The molecule has 2 aromatic rings. The Morgan fingerprint density at radius 2 is 1.88 bits per heavy atom. The van der Waals surface area contributed by atoms with Gasteiger partial charge in [0.05, 0.1) is 12.4 Å². The molecule has 1 aromatic heterocycles. The van der Waals surface area contributed by atoms with E-state index in [1.807, 2.05) is 29.7 Å². The second-order valence-electron chi connectivity index (χ2n) is 7.26. The van der Waals surface area contributed by atoms with Crippen LogP contribution in [0.15, 0.2) is 49.1 Å². The number of hydrogen-bond acceptors (Lipinski definition) is 2. The summed E-state index contributed by atoms with van der Waals surface area (Å²) in [6, 6.07) is 11.1. The highest BCUT2D eigenvalue weighted by molar-refractivity contribution is 5.75. The normalized spacial score (nSPS) is 20.1. The molecule has 0 bridgehead atoms. The topological polar surface area (TPSA) is 50.2 Å². The summed E-state index contributed by atoms with van der Waals surface area (Å²) in [6.07, 6.45) is 11.4. The molecular formula is C20H26N4O. The molecule has 1 aromatic carbocycles. The van der Waals surface area contributed by atoms with Crippen molar-refractivity contribution in [3.63, 3.8) is 0 Å². The third kappa shape index (κ3) is 3.55. The maximum absolute atomic E-state index is 12.8. The van der Waals surface area contributed by atoms with Crippen molar-refractivity contribution in [2.45, 2.75) is 44.2 Å². The molecule has 5 heteroatoms. The second-order valence-corrected chi connectivity index (χ2v) is 7.26. The van der Waals surface area contributed by atoms with Crippen LogP contribution in [-0.4, -0.2) is 33.6 Å². The van der Waals surface area contributed by atoms with E-state index in [2.05, 4.69) is 39.1 Å². The van der Waals surface area contributed by atoms with Crippen molar-refractivity contribution in [3.05, 3.63) is 54.6 Å². The van der Waals surface area contributed by atoms with Crippen molar-refractivity contribution in [3.8, 4) is 0 Å². The number of carbonyl (C=O) groups excluding carboxylic acids is 1. The van der Waals surface area contributed by atoms with E-state index < -0.39 is 0 Å². The molecule has 0 unspecified atom stereocenters. The quantitative estimate of drug-likeness (QED) is 0.922. The number of hydrogen-bond donors (Lipinski definition) is 1. The highest BCUT2D eigenvalue weighted by Gasteiger charge is 2.32. The number of rotatable bonds is 4. The molecular weight excluding hydrogens is 312 g/mol. The molecule has 1 N–H and O–H groups in total. The Labute approximate surface area is 149 Å². The number of piperidine rings is 1. The molecule has 25 heavy (non-hydrogen) atoms. The number of imidazole rings is 1. The Hall–Kier alpha value is -2.30. The van der Waals surface area contributed by atoms with Crippen LogP contribution < -0.4 is 5.32 Å². The van der Waals surface area contributed by atoms with Gasteiger partial charge in [-0.3, -0.25) is 0 Å². The standard InChI is InChI=1S/C20H26N4O/c25-20(23-12-9-18(10-13-23)24-14-11-21-15-24)22-19(17-7-4-8-17)16-5-2-1-3-6-16/h1-3,5-6,11,14-15,17-19H,4,7-10,12-13H2,(H,22,25)/t19-/m1/s1. The molecule has 4 rings (SSSR count). The summed E-state index contributed by atoms with van der Waals surface area (Å²) in [5.41, 5.74) is 1.23. The maximum Gasteiger partial charge on any atom is 0.317 e. The van der Waals surface area contributed by atoms with E-state index >= 15 is 0 Å². The van der Waals surface area contributed by atoms with Gasteiger partial charge >= 0.3 is 6.03 Å². The van der Waals surface area contributed by atoms with E-state index in [1.165, 1.54) is 24.8 Å². The largest absolute Gasteiger partial charge is 0.334 e. The van der Waals surface area contributed by atoms with Crippen LogP contribution in [0.25, 0.3) is 0 Å². The highest BCUT2D eigenvalue weighted by atomic mass is 16.2. The van der Waals surface area contributed by atoms with Gasteiger partial charge < -0.3 is 14.8 Å². The summed E-state index contributed by atoms with van der Waals surface area (Å²) in [5, 5.41) is 3.32. The Kier molecular flexibility index (Phi) is 4.72. The number of amides is 2. The molecule has 1 saturated heterocycles. The van der Waals surface area contributed by atoms with Crippen molar-refractivity contribution < 1.29 is 4.79 Å². The van der Waals surface area contributed by atoms with Gasteiger partial charge in [0.15, 0.2) is 0 Å². The van der Waals surface area contributed by atoms with Crippen LogP contribution in [0.3, 0.4) is 0 Å². The van der Waals surface area contributed by atoms with Crippen LogP contribution in [0.5, 0.6) is 0 Å². The number of benzene rings is 1. The van der Waals surface area contributed by atoms with Gasteiger partial charge in [0.25, 0.3) is 0 Å². The number of aromatic nitrogens is 2. The first-order valence-corrected chi connectivity index (χ1v) is 9.39. The van der Waals surface area contributed by atoms with Gasteiger partial charge in [0.2, 0.25) is 0 Å². The summed E-state index contributed by atoms with van der Waals surface area (Å²) in [7, 11) is 0. The first kappa shape index (κ1) is 16.2. The predicted octanol–water partition coefficient (Wildman–Crippen LogP) is 3.77. The third-order valence-electron chi connectivity index (χ3n) is 5.76. The Morgan fingerprint density at radius 1 is 1.12 bits per heavy atom. The van der Waals surface area contributed by atoms with Crippen molar-refractivity contribution in [1.82, 2.24) is 19.8 Å². The van der Waals surface area contributed by atoms with Gasteiger partial charge in [0.1, 0.15) is 0 Å². The molecule has 0 spiro atoms. The molecule has 1 aliphatic carbocycles. The molecule has 0 radical (unpaired) electrons. The fraction of sp³-hybridized carbons (Fsp3) is 0.500. The van der Waals surface area contributed by atoms with Gasteiger partial charge in [0, 0.05) is 31.5 Å². The molecule has 2 amide bonds. The van der Waals surface area contributed by atoms with Gasteiger partial charge in [-0.15, -0.1) is 0 Å². The Balaban J connectivity index is 1.37. The van der Waals surface area contributed by atoms with Crippen LogP contribution in [0.2, 0.25) is 0 Å². The lowest BCUT2D eigenvalue weighted by molar-refractivity contribution is 0.156. The van der Waals surface area contributed by atoms with Gasteiger partial charge in [-0.05, 0) is 37.2 Å². The van der Waals surface area contributed by atoms with Crippen LogP contribution in [0.1, 0.15) is 49.8 Å². The lowest BCUT2D eigenvalue weighted by Gasteiger charge is -2.38. The number of nitrogens with one attached hydrogen (secondary N) is 1. The minimum Gasteiger partial charge on any atom is -0.334 e. The number of urea groups is 1. The van der Waals surface area contributed by atoms with Crippen molar-refractivity contribution in [2.24, 2.45) is 5.92 Å². The summed E-state index contributed by atoms with van der Waals surface area (Å²) < 4.78 is 2.16. The van der Waals surface area contributed by atoms with E-state index in [0.29, 0.717) is 12.0 Å². The number of nitrogens with zero attached hydrogens (tertiary/aromatic N) is 3. The van der Waals surface area contributed by atoms with Gasteiger partial charge in [-0.25, -0.2) is 9.78 Å². The molecule has 132 valence electrons. The molecule has 5 nitrogen and oxygen atoms in total. The monoisotopic (exact) mass is 338 g/mol. The van der Waals surface area contributed by atoms with Crippen molar-refractivity contribution >= 4 is 6.03 Å². The lowest BCUT2D eigenvalue weighted by atomic mass is 9.77. The van der Waals surface area contributed by atoms with E-state index in [0.717, 1.165) is 25.9 Å². The molecule has 1 aliphatic heterocycles. The minimum absolute atomic E-state index is 0.0878. The summed E-state index contributed by atoms with van der Waals surface area (Å²) in [5.74, 6) is 0.579. The molecule has 1 atom stereocenters. The first-order valence-electron chi connectivity index (χ1n) is 9.39. The van der Waals surface area contributed by atoms with Crippen LogP contribution >= 0.6 is 0 Å². The molecule has 2 heterocycles. The van der Waals surface area contributed by atoms with E-state index in [-0.39, 0.29) is 12.1 Å². The molecule has 2 fully saturated rings. The minimum atomic E-state index is 0.0878. The van der Waals surface area contributed by atoms with Gasteiger partial charge in [-0.1, -0.05) is 36.8 Å². The zero-order chi connectivity index (χ0) is 17.1. The van der Waals surface area contributed by atoms with Crippen molar-refractivity contribution in [2.75, 3.05) is 13.1 Å². The fourth-order valence-corrected chi connectivity index (χ4v) is 3.98. The molecule has 1 saturated carbocycles. The highest BCUT2D eigenvalue weighted by Crippen LogP contribution is 2.37. The molecule has 2 aliphatic rings. The van der Waals surface area contributed by atoms with Gasteiger partial charge in [-0.2, -0.15) is 0 Å². The van der Waals surface area contributed by atoms with Crippen molar-refractivity contribution in [1.29, 1.82) is 0 Å². The second kappa shape index (κ2) is 7.30. The summed E-state index contributed by atoms with van der Waals surface area (Å²) in [6.45, 7) is 1.61. The summed E-state index contributed by atoms with van der Waals surface area (Å²) >= 11 is 0. The zero-order valence-corrected chi connectivity index (χ0v) is 14.6. The average molecular weight is 338 g/mol. The first-order chi connectivity index (χ1) is 12.3. The van der Waals surface area contributed by atoms with Crippen LogP contribution in [0, 0.1) is 5.92 Å². The Bertz CT molecular complexity index is 673. The predicted molar refractivity (Wildman–Crippen MR) is 97.1 cm³/mol. The Morgan fingerprint density at radius 3 is 2.48 bits per heavy atom. The SMILES string of the molecule is O=C(N[C@H](c1ccccc1)C1CCC1)N1CCC(n2ccnc2)CC1. The van der Waals surface area contributed by atoms with E-state index in [1.54, 1.807) is 0 Å². The third-order valence-corrected chi connectivity index (χ3v) is 5.76. The smallest absolute Gasteiger partial charge is 0.317 e.